The molecule has 1 aromatic heterocycles. The second-order valence-corrected chi connectivity index (χ2v) is 14.7. The summed E-state index contributed by atoms with van der Waals surface area (Å²) in [5, 5.41) is 0.493. The quantitative estimate of drug-likeness (QED) is 0.117. The second-order valence-electron chi connectivity index (χ2n) is 13.8. The summed E-state index contributed by atoms with van der Waals surface area (Å²) in [6, 6.07) is 16.6. The van der Waals surface area contributed by atoms with Crippen molar-refractivity contribution in [3.05, 3.63) is 117 Å². The zero-order valence-corrected chi connectivity index (χ0v) is 30.7. The van der Waals surface area contributed by atoms with Crippen LogP contribution in [0.15, 0.2) is 79.1 Å². The van der Waals surface area contributed by atoms with Crippen molar-refractivity contribution in [2.75, 3.05) is 31.1 Å². The van der Waals surface area contributed by atoms with Crippen molar-refractivity contribution in [2.45, 2.75) is 57.5 Å². The Morgan fingerprint density at radius 2 is 1.69 bits per heavy atom. The highest BCUT2D eigenvalue weighted by Crippen LogP contribution is 2.38. The predicted molar refractivity (Wildman–Crippen MR) is 196 cm³/mol. The number of ether oxygens (including phenoxy) is 4. The molecule has 284 valence electrons. The van der Waals surface area contributed by atoms with Crippen molar-refractivity contribution in [3.8, 4) is 11.5 Å². The lowest BCUT2D eigenvalue weighted by molar-refractivity contribution is -0.0515. The van der Waals surface area contributed by atoms with Crippen molar-refractivity contribution >= 4 is 41.0 Å². The number of carbonyl (C=O) groups excluding carboxylic acids is 2. The molecule has 1 aliphatic carbocycles. The standard InChI is InChI=1S/C40H38Cl2F3N3O6/c41-32-19-46-20-33(42)31(32)18-35(27-9-10-34(53-39(44)45)36(16-27)51-23-24-7-8-24)52-38(49)28-4-1-3-25(15-28)21-48(30-6-2-5-29(43)17-30)40(50)54-37-22-47-13-11-26(37)12-14-47/h1-6,9-10,15-17,19-20,24,26,35,37,39H,7-8,11-14,18,21-23H2/t35-,37-/m0/s1. The molecule has 14 heteroatoms. The largest absolute Gasteiger partial charge is 0.489 e. The fourth-order valence-corrected chi connectivity index (χ4v) is 7.41. The number of hydrogen-bond acceptors (Lipinski definition) is 8. The van der Waals surface area contributed by atoms with E-state index >= 15 is 0 Å². The highest BCUT2D eigenvalue weighted by molar-refractivity contribution is 6.35. The van der Waals surface area contributed by atoms with Crippen LogP contribution >= 0.6 is 23.2 Å². The highest BCUT2D eigenvalue weighted by Gasteiger charge is 2.37. The van der Waals surface area contributed by atoms with Gasteiger partial charge in [0.05, 0.1) is 34.4 Å². The first-order valence-electron chi connectivity index (χ1n) is 17.8. The number of rotatable bonds is 14. The second kappa shape index (κ2) is 16.9. The zero-order chi connectivity index (χ0) is 37.8. The Bertz CT molecular complexity index is 1960. The molecule has 1 saturated carbocycles. The van der Waals surface area contributed by atoms with Gasteiger partial charge in [0, 0.05) is 25.4 Å². The molecule has 0 radical (unpaired) electrons. The summed E-state index contributed by atoms with van der Waals surface area (Å²) in [5.41, 5.74) is 1.90. The number of halogens is 5. The molecule has 54 heavy (non-hydrogen) atoms. The fourth-order valence-electron chi connectivity index (χ4n) is 6.89. The number of hydrogen-bond donors (Lipinski definition) is 0. The van der Waals surface area contributed by atoms with Crippen LogP contribution in [0.4, 0.5) is 23.7 Å². The summed E-state index contributed by atoms with van der Waals surface area (Å²) in [7, 11) is 0. The zero-order valence-electron chi connectivity index (χ0n) is 29.1. The van der Waals surface area contributed by atoms with Gasteiger partial charge in [-0.05, 0) is 110 Å². The summed E-state index contributed by atoms with van der Waals surface area (Å²) in [6.07, 6.45) is 4.81. The number of carbonyl (C=O) groups is 2. The van der Waals surface area contributed by atoms with Gasteiger partial charge >= 0.3 is 18.7 Å². The van der Waals surface area contributed by atoms with E-state index in [9.17, 15) is 22.8 Å². The van der Waals surface area contributed by atoms with E-state index < -0.39 is 30.6 Å². The highest BCUT2D eigenvalue weighted by atomic mass is 35.5. The molecule has 3 aliphatic heterocycles. The first-order valence-corrected chi connectivity index (χ1v) is 18.6. The number of aromatic nitrogens is 1. The third-order valence-electron chi connectivity index (χ3n) is 10.0. The Hall–Kier alpha value is -4.52. The molecule has 4 aliphatic rings. The summed E-state index contributed by atoms with van der Waals surface area (Å²) >= 11 is 12.9. The van der Waals surface area contributed by atoms with Crippen LogP contribution in [0.2, 0.25) is 10.0 Å². The van der Waals surface area contributed by atoms with Crippen LogP contribution in [-0.2, 0) is 22.4 Å². The maximum Gasteiger partial charge on any atom is 0.414 e. The summed E-state index contributed by atoms with van der Waals surface area (Å²) in [5.74, 6) is -0.712. The van der Waals surface area contributed by atoms with Gasteiger partial charge < -0.3 is 18.9 Å². The molecular weight excluding hydrogens is 746 g/mol. The molecule has 2 bridgehead atoms. The molecule has 4 heterocycles. The van der Waals surface area contributed by atoms with E-state index in [1.807, 2.05) is 0 Å². The van der Waals surface area contributed by atoms with Gasteiger partial charge in [-0.2, -0.15) is 8.78 Å². The topological polar surface area (TPSA) is 90.4 Å². The number of fused-ring (bicyclic) bond motifs is 3. The van der Waals surface area contributed by atoms with E-state index in [1.165, 1.54) is 53.7 Å². The van der Waals surface area contributed by atoms with E-state index in [2.05, 4.69) is 9.88 Å². The van der Waals surface area contributed by atoms with Crippen LogP contribution in [0.25, 0.3) is 0 Å². The maximum absolute atomic E-state index is 14.4. The Morgan fingerprint density at radius 3 is 2.37 bits per heavy atom. The van der Waals surface area contributed by atoms with Gasteiger partial charge in [0.1, 0.15) is 18.0 Å². The average molecular weight is 785 g/mol. The van der Waals surface area contributed by atoms with Crippen molar-refractivity contribution in [1.82, 2.24) is 9.88 Å². The Labute approximate surface area is 320 Å². The molecule has 0 unspecified atom stereocenters. The number of benzene rings is 3. The monoisotopic (exact) mass is 783 g/mol. The van der Waals surface area contributed by atoms with Gasteiger partial charge in [0.2, 0.25) is 0 Å². The molecule has 2 atom stereocenters. The number of piperidine rings is 3. The normalized spacial score (nSPS) is 19.6. The van der Waals surface area contributed by atoms with E-state index in [0.29, 0.717) is 41.4 Å². The van der Waals surface area contributed by atoms with E-state index in [1.54, 1.807) is 30.3 Å². The van der Waals surface area contributed by atoms with Gasteiger partial charge in [0.15, 0.2) is 11.5 Å². The van der Waals surface area contributed by atoms with Crippen LogP contribution in [0.1, 0.15) is 58.8 Å². The molecule has 3 aromatic carbocycles. The van der Waals surface area contributed by atoms with Crippen LogP contribution in [0, 0.1) is 17.7 Å². The lowest BCUT2D eigenvalue weighted by Gasteiger charge is -2.44. The number of anilines is 1. The Balaban J connectivity index is 1.14. The molecule has 0 spiro atoms. The van der Waals surface area contributed by atoms with Gasteiger partial charge in [-0.15, -0.1) is 0 Å². The maximum atomic E-state index is 14.4. The third kappa shape index (κ3) is 9.40. The first-order chi connectivity index (χ1) is 26.1. The molecule has 1 amide bonds. The van der Waals surface area contributed by atoms with Gasteiger partial charge in [0.25, 0.3) is 0 Å². The van der Waals surface area contributed by atoms with Gasteiger partial charge in [-0.25, -0.2) is 14.0 Å². The van der Waals surface area contributed by atoms with E-state index in [0.717, 1.165) is 38.8 Å². The Kier molecular flexibility index (Phi) is 11.8. The molecule has 9 nitrogen and oxygen atoms in total. The molecule has 3 saturated heterocycles. The van der Waals surface area contributed by atoms with E-state index in [-0.39, 0.29) is 52.1 Å². The fraction of sp³-hybridized carbons (Fsp3) is 0.375. The van der Waals surface area contributed by atoms with Crippen molar-refractivity contribution in [3.63, 3.8) is 0 Å². The van der Waals surface area contributed by atoms with Crippen molar-refractivity contribution in [1.29, 1.82) is 0 Å². The van der Waals surface area contributed by atoms with Crippen LogP contribution in [-0.4, -0.2) is 60.9 Å². The van der Waals surface area contributed by atoms with E-state index in [4.69, 9.17) is 42.1 Å². The smallest absolute Gasteiger partial charge is 0.414 e. The number of alkyl halides is 2. The molecule has 8 rings (SSSR count). The lowest BCUT2D eigenvalue weighted by atomic mass is 9.86. The summed E-state index contributed by atoms with van der Waals surface area (Å²) in [4.78, 5) is 35.3. The predicted octanol–water partition coefficient (Wildman–Crippen LogP) is 9.30. The van der Waals surface area contributed by atoms with Crippen molar-refractivity contribution in [2.24, 2.45) is 11.8 Å². The summed E-state index contributed by atoms with van der Waals surface area (Å²) in [6.45, 7) is -0.166. The number of pyridine rings is 1. The van der Waals surface area contributed by atoms with Crippen LogP contribution in [0.5, 0.6) is 11.5 Å². The van der Waals surface area contributed by atoms with Gasteiger partial charge in [-0.3, -0.25) is 14.8 Å². The van der Waals surface area contributed by atoms with Gasteiger partial charge in [-0.1, -0.05) is 47.5 Å². The van der Waals surface area contributed by atoms with Crippen LogP contribution in [0.3, 0.4) is 0 Å². The number of amides is 1. The van der Waals surface area contributed by atoms with Crippen molar-refractivity contribution < 1.29 is 41.7 Å². The minimum absolute atomic E-state index is 0.0154. The molecule has 0 N–H and O–H groups in total. The number of esters is 1. The molecular formula is C40H38Cl2F3N3O6. The minimum Gasteiger partial charge on any atom is -0.489 e. The number of nitrogens with zero attached hydrogens (tertiary/aromatic N) is 3. The minimum atomic E-state index is -3.08. The average Bonchev–Trinajstić information content (AvgIpc) is 3.99. The molecule has 4 fully saturated rings. The Morgan fingerprint density at radius 1 is 0.926 bits per heavy atom. The third-order valence-corrected chi connectivity index (χ3v) is 10.7. The van der Waals surface area contributed by atoms with Crippen LogP contribution < -0.4 is 14.4 Å². The summed E-state index contributed by atoms with van der Waals surface area (Å²) < 4.78 is 63.7. The SMILES string of the molecule is O=C(O[C@@H](Cc1c(Cl)cncc1Cl)c1ccc(OC(F)F)c(OCC2CC2)c1)c1cccc(CN(C(=O)O[C@H]2CN3CCC2CC3)c2cccc(F)c2)c1. The molecule has 4 aromatic rings. The lowest BCUT2D eigenvalue weighted by Crippen LogP contribution is -2.53. The first kappa shape index (κ1) is 37.8.